The number of nitrogens with one attached hydrogen (secondary N) is 1. The number of nitro groups is 1. The zero-order valence-electron chi connectivity index (χ0n) is 11.8. The molecular weight excluding hydrogens is 310 g/mol. The molecule has 1 aromatic carbocycles. The molecule has 9 heteroatoms. The largest absolute Gasteiger partial charge is 0.504 e. The van der Waals surface area contributed by atoms with Gasteiger partial charge < -0.3 is 15.2 Å². The van der Waals surface area contributed by atoms with E-state index in [1.165, 1.54) is 18.1 Å². The lowest BCUT2D eigenvalue weighted by Gasteiger charge is -2.09. The van der Waals surface area contributed by atoms with Crippen molar-refractivity contribution in [2.24, 2.45) is 0 Å². The van der Waals surface area contributed by atoms with Crippen LogP contribution >= 0.6 is 12.2 Å². The van der Waals surface area contributed by atoms with Crippen LogP contribution in [0.3, 0.4) is 0 Å². The summed E-state index contributed by atoms with van der Waals surface area (Å²) in [6.45, 7) is 2.16. The maximum Gasteiger partial charge on any atom is 0.276 e. The second-order valence-electron chi connectivity index (χ2n) is 4.38. The highest BCUT2D eigenvalue weighted by Gasteiger charge is 2.29. The van der Waals surface area contributed by atoms with E-state index in [-0.39, 0.29) is 39.5 Å². The Balaban J connectivity index is 2.51. The number of aromatic hydroxyl groups is 1. The Morgan fingerprint density at radius 2 is 2.23 bits per heavy atom. The van der Waals surface area contributed by atoms with Crippen molar-refractivity contribution in [1.29, 1.82) is 0 Å². The summed E-state index contributed by atoms with van der Waals surface area (Å²) < 4.78 is 4.91. The Labute approximate surface area is 131 Å². The number of non-ortho nitro benzene ring substituents is 1. The molecule has 0 unspecified atom stereocenters. The van der Waals surface area contributed by atoms with E-state index in [4.69, 9.17) is 17.0 Å². The second-order valence-corrected chi connectivity index (χ2v) is 4.77. The van der Waals surface area contributed by atoms with Gasteiger partial charge in [0.05, 0.1) is 18.1 Å². The SMILES string of the molecule is CCN1C(=O)/C(=C/c2cc([N+](=O)[O-])cc(OC)c2O)NC1=S. The average molecular weight is 323 g/mol. The lowest BCUT2D eigenvalue weighted by molar-refractivity contribution is -0.385. The van der Waals surface area contributed by atoms with Crippen LogP contribution in [0, 0.1) is 10.1 Å². The fraction of sp³-hybridized carbons (Fsp3) is 0.231. The summed E-state index contributed by atoms with van der Waals surface area (Å²) in [5.74, 6) is -0.713. The Bertz CT molecular complexity index is 701. The molecule has 0 bridgehead atoms. The number of nitrogens with zero attached hydrogens (tertiary/aromatic N) is 2. The minimum absolute atomic E-state index is 0.0542. The predicted molar refractivity (Wildman–Crippen MR) is 82.4 cm³/mol. The van der Waals surface area contributed by atoms with E-state index in [1.807, 2.05) is 0 Å². The highest BCUT2D eigenvalue weighted by molar-refractivity contribution is 7.80. The van der Waals surface area contributed by atoms with Crippen molar-refractivity contribution in [3.63, 3.8) is 0 Å². The molecule has 2 N–H and O–H groups in total. The molecule has 1 aromatic rings. The molecule has 0 atom stereocenters. The summed E-state index contributed by atoms with van der Waals surface area (Å²) in [5, 5.41) is 23.9. The zero-order chi connectivity index (χ0) is 16.4. The van der Waals surface area contributed by atoms with Crippen molar-refractivity contribution in [3.8, 4) is 11.5 Å². The first-order chi connectivity index (χ1) is 10.4. The van der Waals surface area contributed by atoms with Crippen molar-refractivity contribution in [2.75, 3.05) is 13.7 Å². The first-order valence-electron chi connectivity index (χ1n) is 6.29. The number of phenols is 1. The van der Waals surface area contributed by atoms with Gasteiger partial charge in [-0.05, 0) is 25.2 Å². The molecular formula is C13H13N3O5S. The first kappa shape index (κ1) is 15.7. The fourth-order valence-corrected chi connectivity index (χ4v) is 2.32. The van der Waals surface area contributed by atoms with Crippen LogP contribution < -0.4 is 10.1 Å². The van der Waals surface area contributed by atoms with Crippen LogP contribution in [-0.2, 0) is 4.79 Å². The van der Waals surface area contributed by atoms with Crippen molar-refractivity contribution in [2.45, 2.75) is 6.92 Å². The van der Waals surface area contributed by atoms with Crippen molar-refractivity contribution >= 4 is 35.0 Å². The molecule has 1 saturated heterocycles. The molecule has 0 aromatic heterocycles. The number of rotatable bonds is 4. The van der Waals surface area contributed by atoms with E-state index in [0.717, 1.165) is 12.1 Å². The van der Waals surface area contributed by atoms with Gasteiger partial charge in [-0.25, -0.2) is 0 Å². The smallest absolute Gasteiger partial charge is 0.276 e. The van der Waals surface area contributed by atoms with Gasteiger partial charge in [-0.1, -0.05) is 0 Å². The van der Waals surface area contributed by atoms with Gasteiger partial charge in [-0.2, -0.15) is 0 Å². The van der Waals surface area contributed by atoms with Gasteiger partial charge in [0.25, 0.3) is 11.6 Å². The topological polar surface area (TPSA) is 105 Å². The number of ether oxygens (including phenoxy) is 1. The summed E-state index contributed by atoms with van der Waals surface area (Å²) in [5.41, 5.74) is -0.0470. The van der Waals surface area contributed by atoms with E-state index in [0.29, 0.717) is 6.54 Å². The van der Waals surface area contributed by atoms with Crippen LogP contribution in [0.25, 0.3) is 6.08 Å². The van der Waals surface area contributed by atoms with Gasteiger partial charge in [0.1, 0.15) is 5.70 Å². The maximum atomic E-state index is 12.1. The number of thiocarbonyl (C=S) groups is 1. The highest BCUT2D eigenvalue weighted by Crippen LogP contribution is 2.35. The van der Waals surface area contributed by atoms with Gasteiger partial charge in [-0.15, -0.1) is 0 Å². The standard InChI is InChI=1S/C13H13N3O5S/c1-3-15-12(18)9(14-13(15)22)5-7-4-8(16(19)20)6-10(21-2)11(7)17/h4-6,17H,3H2,1-2H3,(H,14,22)/b9-5-. The molecule has 2 rings (SSSR count). The van der Waals surface area contributed by atoms with Crippen LogP contribution in [0.2, 0.25) is 0 Å². The summed E-state index contributed by atoms with van der Waals surface area (Å²) in [6.07, 6.45) is 1.30. The second kappa shape index (κ2) is 5.98. The molecule has 0 radical (unpaired) electrons. The number of likely N-dealkylation sites (N-methyl/N-ethyl adjacent to an activating group) is 1. The molecule has 0 aliphatic carbocycles. The Kier molecular flexibility index (Phi) is 4.27. The molecule has 0 saturated carbocycles. The van der Waals surface area contributed by atoms with Gasteiger partial charge in [0.15, 0.2) is 16.6 Å². The fourth-order valence-electron chi connectivity index (χ4n) is 2.00. The molecule has 1 fully saturated rings. The highest BCUT2D eigenvalue weighted by atomic mass is 32.1. The number of nitro benzene ring substituents is 1. The summed E-state index contributed by atoms with van der Waals surface area (Å²) >= 11 is 5.02. The summed E-state index contributed by atoms with van der Waals surface area (Å²) in [7, 11) is 1.28. The molecule has 8 nitrogen and oxygen atoms in total. The summed E-state index contributed by atoms with van der Waals surface area (Å²) in [4.78, 5) is 23.7. The summed E-state index contributed by atoms with van der Waals surface area (Å²) in [6, 6.07) is 2.25. The number of methoxy groups -OCH3 is 1. The molecule has 1 amide bonds. The number of hydrogen-bond donors (Lipinski definition) is 2. The van der Waals surface area contributed by atoms with Gasteiger partial charge in [0, 0.05) is 18.2 Å². The third kappa shape index (κ3) is 2.70. The monoisotopic (exact) mass is 323 g/mol. The zero-order valence-corrected chi connectivity index (χ0v) is 12.6. The van der Waals surface area contributed by atoms with Crippen molar-refractivity contribution < 1.29 is 19.6 Å². The predicted octanol–water partition coefficient (Wildman–Crippen LogP) is 1.39. The Hall–Kier alpha value is -2.68. The third-order valence-electron chi connectivity index (χ3n) is 3.10. The van der Waals surface area contributed by atoms with Crippen LogP contribution in [0.15, 0.2) is 17.8 Å². The van der Waals surface area contributed by atoms with E-state index in [1.54, 1.807) is 6.92 Å². The number of phenolic OH excluding ortho intramolecular Hbond substituents is 1. The van der Waals surface area contributed by atoms with Crippen LogP contribution in [0.5, 0.6) is 11.5 Å². The Morgan fingerprint density at radius 1 is 1.55 bits per heavy atom. The molecule has 0 spiro atoms. The number of benzene rings is 1. The minimum Gasteiger partial charge on any atom is -0.504 e. The van der Waals surface area contributed by atoms with Crippen LogP contribution in [-0.4, -0.2) is 39.6 Å². The molecule has 1 heterocycles. The minimum atomic E-state index is -0.614. The third-order valence-corrected chi connectivity index (χ3v) is 3.42. The van der Waals surface area contributed by atoms with E-state index < -0.39 is 4.92 Å². The Morgan fingerprint density at radius 3 is 2.73 bits per heavy atom. The number of amides is 1. The number of carbonyl (C=O) groups is 1. The van der Waals surface area contributed by atoms with E-state index >= 15 is 0 Å². The van der Waals surface area contributed by atoms with Gasteiger partial charge in [-0.3, -0.25) is 19.8 Å². The average Bonchev–Trinajstić information content (AvgIpc) is 2.74. The quantitative estimate of drug-likeness (QED) is 0.373. The van der Waals surface area contributed by atoms with Crippen LogP contribution in [0.1, 0.15) is 12.5 Å². The van der Waals surface area contributed by atoms with E-state index in [2.05, 4.69) is 5.32 Å². The molecule has 116 valence electrons. The normalized spacial score (nSPS) is 16.1. The van der Waals surface area contributed by atoms with Crippen molar-refractivity contribution in [1.82, 2.24) is 10.2 Å². The van der Waals surface area contributed by atoms with Crippen molar-refractivity contribution in [3.05, 3.63) is 33.5 Å². The lowest BCUT2D eigenvalue weighted by atomic mass is 10.1. The van der Waals surface area contributed by atoms with E-state index in [9.17, 15) is 20.0 Å². The van der Waals surface area contributed by atoms with Gasteiger partial charge >= 0.3 is 0 Å². The maximum absolute atomic E-state index is 12.1. The molecule has 1 aliphatic heterocycles. The lowest BCUT2D eigenvalue weighted by Crippen LogP contribution is -2.30. The number of hydrogen-bond acceptors (Lipinski definition) is 6. The first-order valence-corrected chi connectivity index (χ1v) is 6.69. The van der Waals surface area contributed by atoms with Gasteiger partial charge in [0.2, 0.25) is 0 Å². The number of carbonyl (C=O) groups excluding carboxylic acids is 1. The van der Waals surface area contributed by atoms with Crippen LogP contribution in [0.4, 0.5) is 5.69 Å². The molecule has 1 aliphatic rings. The molecule has 22 heavy (non-hydrogen) atoms.